The van der Waals surface area contributed by atoms with E-state index in [2.05, 4.69) is 6.07 Å². The molecule has 90 valence electrons. The molecule has 0 unspecified atom stereocenters. The highest BCUT2D eigenvalue weighted by atomic mass is 16.5. The Hall–Kier alpha value is -1.73. The van der Waals surface area contributed by atoms with E-state index in [0.29, 0.717) is 19.6 Å². The Morgan fingerprint density at radius 1 is 1.35 bits per heavy atom. The lowest BCUT2D eigenvalue weighted by Gasteiger charge is -2.35. The first-order valence-corrected chi connectivity index (χ1v) is 5.43. The summed E-state index contributed by atoms with van der Waals surface area (Å²) in [6, 6.07) is 7.95. The van der Waals surface area contributed by atoms with Crippen molar-refractivity contribution in [2.24, 2.45) is 5.41 Å². The first kappa shape index (κ1) is 11.7. The summed E-state index contributed by atoms with van der Waals surface area (Å²) in [5, 5.41) is 9.19. The highest BCUT2D eigenvalue weighted by Gasteiger charge is 2.39. The Morgan fingerprint density at radius 3 is 2.59 bits per heavy atom. The van der Waals surface area contributed by atoms with Crippen LogP contribution in [0, 0.1) is 16.7 Å². The number of benzene rings is 1. The Balaban J connectivity index is 2.27. The second-order valence-corrected chi connectivity index (χ2v) is 4.24. The van der Waals surface area contributed by atoms with Crippen molar-refractivity contribution in [3.8, 4) is 17.6 Å². The molecule has 1 heterocycles. The molecule has 0 atom stereocenters. The number of hydrogen-bond acceptors (Lipinski definition) is 4. The topological polar surface area (TPSA) is 51.5 Å². The van der Waals surface area contributed by atoms with Crippen LogP contribution < -0.4 is 9.47 Å². The zero-order valence-corrected chi connectivity index (χ0v) is 10.0. The minimum atomic E-state index is -0.403. The molecule has 1 aliphatic rings. The fourth-order valence-corrected chi connectivity index (χ4v) is 1.94. The van der Waals surface area contributed by atoms with Gasteiger partial charge in [-0.2, -0.15) is 5.26 Å². The summed E-state index contributed by atoms with van der Waals surface area (Å²) in [5.41, 5.74) is 0.580. The van der Waals surface area contributed by atoms with E-state index in [1.807, 2.05) is 18.2 Å². The molecule has 1 saturated heterocycles. The predicted octanol–water partition coefficient (Wildman–Crippen LogP) is 1.79. The summed E-state index contributed by atoms with van der Waals surface area (Å²) < 4.78 is 15.6. The summed E-state index contributed by atoms with van der Waals surface area (Å²) in [7, 11) is 3.25. The van der Waals surface area contributed by atoms with Crippen molar-refractivity contribution in [1.82, 2.24) is 0 Å². The third-order valence-corrected chi connectivity index (χ3v) is 3.01. The zero-order chi connectivity index (χ0) is 12.3. The SMILES string of the molecule is COc1ccc(OC)c(CC2(C#N)COC2)c1. The molecule has 1 aromatic carbocycles. The van der Waals surface area contributed by atoms with Crippen LogP contribution >= 0.6 is 0 Å². The van der Waals surface area contributed by atoms with Gasteiger partial charge in [-0.15, -0.1) is 0 Å². The van der Waals surface area contributed by atoms with E-state index in [0.717, 1.165) is 17.1 Å². The normalized spacial score (nSPS) is 16.8. The van der Waals surface area contributed by atoms with Crippen molar-refractivity contribution in [2.75, 3.05) is 27.4 Å². The fraction of sp³-hybridized carbons (Fsp3) is 0.462. The minimum absolute atomic E-state index is 0.403. The lowest BCUT2D eigenvalue weighted by molar-refractivity contribution is -0.0767. The number of nitriles is 1. The van der Waals surface area contributed by atoms with Gasteiger partial charge in [0, 0.05) is 0 Å². The molecule has 1 aliphatic heterocycles. The van der Waals surface area contributed by atoms with Gasteiger partial charge in [0.1, 0.15) is 16.9 Å². The molecule has 1 aromatic rings. The molecule has 0 amide bonds. The van der Waals surface area contributed by atoms with Gasteiger partial charge in [-0.1, -0.05) is 0 Å². The average molecular weight is 233 g/mol. The van der Waals surface area contributed by atoms with E-state index < -0.39 is 5.41 Å². The van der Waals surface area contributed by atoms with Gasteiger partial charge in [0.05, 0.1) is 33.5 Å². The monoisotopic (exact) mass is 233 g/mol. The quantitative estimate of drug-likeness (QED) is 0.795. The van der Waals surface area contributed by atoms with Crippen LogP contribution in [0.5, 0.6) is 11.5 Å². The second kappa shape index (κ2) is 4.64. The maximum atomic E-state index is 9.19. The molecular formula is C13H15NO3. The largest absolute Gasteiger partial charge is 0.497 e. The average Bonchev–Trinajstić information content (AvgIpc) is 2.33. The standard InChI is InChI=1S/C13H15NO3/c1-15-11-3-4-12(16-2)10(5-11)6-13(7-14)8-17-9-13/h3-5H,6,8-9H2,1-2H3. The van der Waals surface area contributed by atoms with Gasteiger partial charge >= 0.3 is 0 Å². The summed E-state index contributed by atoms with van der Waals surface area (Å²) in [4.78, 5) is 0. The Morgan fingerprint density at radius 2 is 2.12 bits per heavy atom. The molecule has 0 radical (unpaired) electrons. The zero-order valence-electron chi connectivity index (χ0n) is 10.0. The van der Waals surface area contributed by atoms with Gasteiger partial charge in [0.2, 0.25) is 0 Å². The predicted molar refractivity (Wildman–Crippen MR) is 62.1 cm³/mol. The first-order chi connectivity index (χ1) is 8.23. The van der Waals surface area contributed by atoms with Gasteiger partial charge < -0.3 is 14.2 Å². The molecule has 4 heteroatoms. The lowest BCUT2D eigenvalue weighted by atomic mass is 9.81. The van der Waals surface area contributed by atoms with E-state index in [1.165, 1.54) is 0 Å². The van der Waals surface area contributed by atoms with Crippen LogP contribution in [-0.2, 0) is 11.2 Å². The molecule has 0 aliphatic carbocycles. The molecule has 0 aromatic heterocycles. The number of rotatable bonds is 4. The Labute approximate surface area is 101 Å². The molecule has 1 fully saturated rings. The van der Waals surface area contributed by atoms with Crippen LogP contribution in [0.4, 0.5) is 0 Å². The Kier molecular flexibility index (Phi) is 3.21. The van der Waals surface area contributed by atoms with E-state index in [1.54, 1.807) is 14.2 Å². The first-order valence-electron chi connectivity index (χ1n) is 5.43. The van der Waals surface area contributed by atoms with Crippen LogP contribution in [0.2, 0.25) is 0 Å². The van der Waals surface area contributed by atoms with Crippen molar-refractivity contribution in [2.45, 2.75) is 6.42 Å². The van der Waals surface area contributed by atoms with Gasteiger partial charge in [-0.3, -0.25) is 0 Å². The second-order valence-electron chi connectivity index (χ2n) is 4.24. The number of ether oxygens (including phenoxy) is 3. The van der Waals surface area contributed by atoms with Crippen LogP contribution in [0.15, 0.2) is 18.2 Å². The maximum Gasteiger partial charge on any atom is 0.122 e. The number of hydrogen-bond donors (Lipinski definition) is 0. The fourth-order valence-electron chi connectivity index (χ4n) is 1.94. The lowest BCUT2D eigenvalue weighted by Crippen LogP contribution is -2.43. The summed E-state index contributed by atoms with van der Waals surface area (Å²) in [6.45, 7) is 0.980. The number of methoxy groups -OCH3 is 2. The van der Waals surface area contributed by atoms with Crippen LogP contribution in [0.25, 0.3) is 0 Å². The number of nitrogens with zero attached hydrogens (tertiary/aromatic N) is 1. The molecule has 0 N–H and O–H groups in total. The third kappa shape index (κ3) is 2.20. The molecule has 0 spiro atoms. The minimum Gasteiger partial charge on any atom is -0.497 e. The van der Waals surface area contributed by atoms with E-state index >= 15 is 0 Å². The maximum absolute atomic E-state index is 9.19. The van der Waals surface area contributed by atoms with Crippen LogP contribution in [0.3, 0.4) is 0 Å². The van der Waals surface area contributed by atoms with Crippen molar-refractivity contribution in [3.05, 3.63) is 23.8 Å². The summed E-state index contributed by atoms with van der Waals surface area (Å²) in [6.07, 6.45) is 0.629. The molecule has 2 rings (SSSR count). The summed E-state index contributed by atoms with van der Waals surface area (Å²) in [5.74, 6) is 1.56. The smallest absolute Gasteiger partial charge is 0.122 e. The molecule has 4 nitrogen and oxygen atoms in total. The van der Waals surface area contributed by atoms with Crippen LogP contribution in [-0.4, -0.2) is 27.4 Å². The van der Waals surface area contributed by atoms with Gasteiger partial charge in [0.15, 0.2) is 0 Å². The van der Waals surface area contributed by atoms with Crippen molar-refractivity contribution in [1.29, 1.82) is 5.26 Å². The third-order valence-electron chi connectivity index (χ3n) is 3.01. The molecule has 0 bridgehead atoms. The van der Waals surface area contributed by atoms with Crippen molar-refractivity contribution in [3.63, 3.8) is 0 Å². The highest BCUT2D eigenvalue weighted by molar-refractivity contribution is 5.41. The molecular weight excluding hydrogens is 218 g/mol. The summed E-state index contributed by atoms with van der Waals surface area (Å²) >= 11 is 0. The van der Waals surface area contributed by atoms with E-state index in [4.69, 9.17) is 14.2 Å². The van der Waals surface area contributed by atoms with Gasteiger partial charge in [0.25, 0.3) is 0 Å². The van der Waals surface area contributed by atoms with Gasteiger partial charge in [-0.25, -0.2) is 0 Å². The van der Waals surface area contributed by atoms with E-state index in [9.17, 15) is 5.26 Å². The van der Waals surface area contributed by atoms with Crippen LogP contribution in [0.1, 0.15) is 5.56 Å². The highest BCUT2D eigenvalue weighted by Crippen LogP contribution is 2.35. The van der Waals surface area contributed by atoms with Crippen molar-refractivity contribution >= 4 is 0 Å². The van der Waals surface area contributed by atoms with E-state index in [-0.39, 0.29) is 0 Å². The van der Waals surface area contributed by atoms with Gasteiger partial charge in [-0.05, 0) is 30.2 Å². The molecule has 17 heavy (non-hydrogen) atoms. The van der Waals surface area contributed by atoms with Crippen molar-refractivity contribution < 1.29 is 14.2 Å². The molecule has 0 saturated carbocycles. The Bertz CT molecular complexity index is 446.